The van der Waals surface area contributed by atoms with Gasteiger partial charge >= 0.3 is 10.3 Å². The van der Waals surface area contributed by atoms with E-state index in [2.05, 4.69) is 0 Å². The standard InChI is InChI=1S/C11H17NO3S/c1-3-10-15-16(13,14)12(4-2)11-8-6-5-7-9-11/h5-9H,3-4,10H2,1-2H3. The van der Waals surface area contributed by atoms with E-state index in [0.717, 1.165) is 0 Å². The van der Waals surface area contributed by atoms with Gasteiger partial charge in [0.05, 0.1) is 12.3 Å². The molecule has 16 heavy (non-hydrogen) atoms. The van der Waals surface area contributed by atoms with Crippen molar-refractivity contribution in [1.82, 2.24) is 0 Å². The van der Waals surface area contributed by atoms with Crippen LogP contribution >= 0.6 is 0 Å². The van der Waals surface area contributed by atoms with Crippen LogP contribution in [0.2, 0.25) is 0 Å². The van der Waals surface area contributed by atoms with E-state index in [0.29, 0.717) is 18.7 Å². The summed E-state index contributed by atoms with van der Waals surface area (Å²) >= 11 is 0. The number of hydrogen-bond acceptors (Lipinski definition) is 3. The van der Waals surface area contributed by atoms with Crippen LogP contribution < -0.4 is 4.31 Å². The summed E-state index contributed by atoms with van der Waals surface area (Å²) in [6, 6.07) is 8.93. The maximum Gasteiger partial charge on any atom is 0.362 e. The molecule has 0 saturated heterocycles. The first-order valence-electron chi connectivity index (χ1n) is 5.34. The van der Waals surface area contributed by atoms with Crippen molar-refractivity contribution in [3.05, 3.63) is 30.3 Å². The molecule has 90 valence electrons. The molecule has 1 rings (SSSR count). The van der Waals surface area contributed by atoms with Gasteiger partial charge in [-0.3, -0.25) is 4.18 Å². The zero-order valence-electron chi connectivity index (χ0n) is 9.59. The second kappa shape index (κ2) is 5.86. The van der Waals surface area contributed by atoms with Crippen molar-refractivity contribution in [2.75, 3.05) is 17.5 Å². The van der Waals surface area contributed by atoms with Crippen LogP contribution in [0.4, 0.5) is 5.69 Å². The molecule has 0 fully saturated rings. The zero-order chi connectivity index (χ0) is 12.0. The summed E-state index contributed by atoms with van der Waals surface area (Å²) in [4.78, 5) is 0. The van der Waals surface area contributed by atoms with E-state index in [4.69, 9.17) is 4.18 Å². The van der Waals surface area contributed by atoms with E-state index in [1.165, 1.54) is 4.31 Å². The second-order valence-corrected chi connectivity index (χ2v) is 4.81. The van der Waals surface area contributed by atoms with Gasteiger partial charge in [-0.05, 0) is 25.5 Å². The van der Waals surface area contributed by atoms with Crippen molar-refractivity contribution >= 4 is 16.0 Å². The molecule has 1 aromatic carbocycles. The normalized spacial score (nSPS) is 11.4. The van der Waals surface area contributed by atoms with Gasteiger partial charge in [0.2, 0.25) is 0 Å². The third-order valence-corrected chi connectivity index (χ3v) is 3.51. The summed E-state index contributed by atoms with van der Waals surface area (Å²) < 4.78 is 29.8. The predicted molar refractivity (Wildman–Crippen MR) is 64.6 cm³/mol. The smallest absolute Gasteiger partial charge is 0.254 e. The molecular formula is C11H17NO3S. The average Bonchev–Trinajstić information content (AvgIpc) is 2.28. The Morgan fingerprint density at radius 1 is 1.19 bits per heavy atom. The lowest BCUT2D eigenvalue weighted by atomic mass is 10.3. The molecule has 0 unspecified atom stereocenters. The molecule has 0 N–H and O–H groups in total. The molecule has 0 heterocycles. The fraction of sp³-hybridized carbons (Fsp3) is 0.455. The minimum absolute atomic E-state index is 0.214. The van der Waals surface area contributed by atoms with Gasteiger partial charge < -0.3 is 0 Å². The van der Waals surface area contributed by atoms with Gasteiger partial charge in [-0.1, -0.05) is 25.1 Å². The fourth-order valence-electron chi connectivity index (χ4n) is 1.32. The van der Waals surface area contributed by atoms with E-state index in [9.17, 15) is 8.42 Å². The Labute approximate surface area is 97.1 Å². The first-order chi connectivity index (χ1) is 7.61. The average molecular weight is 243 g/mol. The van der Waals surface area contributed by atoms with E-state index in [1.807, 2.05) is 13.0 Å². The lowest BCUT2D eigenvalue weighted by Gasteiger charge is -2.21. The summed E-state index contributed by atoms with van der Waals surface area (Å²) in [5, 5.41) is 0. The highest BCUT2D eigenvalue weighted by Gasteiger charge is 2.21. The van der Waals surface area contributed by atoms with Gasteiger partial charge in [0, 0.05) is 6.54 Å². The Morgan fingerprint density at radius 3 is 2.31 bits per heavy atom. The molecule has 4 nitrogen and oxygen atoms in total. The van der Waals surface area contributed by atoms with Crippen LogP contribution in [-0.4, -0.2) is 21.6 Å². The number of nitrogens with zero attached hydrogens (tertiary/aromatic N) is 1. The summed E-state index contributed by atoms with van der Waals surface area (Å²) in [5.74, 6) is 0. The molecule has 0 aliphatic rings. The molecule has 0 aliphatic carbocycles. The van der Waals surface area contributed by atoms with E-state index < -0.39 is 10.3 Å². The first-order valence-corrected chi connectivity index (χ1v) is 6.70. The lowest BCUT2D eigenvalue weighted by molar-refractivity contribution is 0.316. The summed E-state index contributed by atoms with van der Waals surface area (Å²) in [5.41, 5.74) is 0.626. The minimum Gasteiger partial charge on any atom is -0.254 e. The van der Waals surface area contributed by atoms with Crippen molar-refractivity contribution in [3.63, 3.8) is 0 Å². The first kappa shape index (κ1) is 13.0. The Kier molecular flexibility index (Phi) is 4.76. The maximum absolute atomic E-state index is 11.8. The number of anilines is 1. The molecule has 0 aliphatic heterocycles. The summed E-state index contributed by atoms with van der Waals surface area (Å²) in [6.45, 7) is 4.22. The summed E-state index contributed by atoms with van der Waals surface area (Å²) in [7, 11) is -3.65. The van der Waals surface area contributed by atoms with Crippen molar-refractivity contribution in [1.29, 1.82) is 0 Å². The van der Waals surface area contributed by atoms with Gasteiger partial charge in [-0.25, -0.2) is 4.31 Å². The van der Waals surface area contributed by atoms with Crippen LogP contribution in [0.5, 0.6) is 0 Å². The quantitative estimate of drug-likeness (QED) is 0.769. The third kappa shape index (κ3) is 3.21. The Morgan fingerprint density at radius 2 is 1.81 bits per heavy atom. The van der Waals surface area contributed by atoms with Crippen molar-refractivity contribution in [2.24, 2.45) is 0 Å². The fourth-order valence-corrected chi connectivity index (χ4v) is 2.52. The van der Waals surface area contributed by atoms with Gasteiger partial charge in [-0.15, -0.1) is 0 Å². The monoisotopic (exact) mass is 243 g/mol. The van der Waals surface area contributed by atoms with Crippen LogP contribution in [0.3, 0.4) is 0 Å². The van der Waals surface area contributed by atoms with Gasteiger partial charge in [0.1, 0.15) is 0 Å². The number of hydrogen-bond donors (Lipinski definition) is 0. The molecule has 0 radical (unpaired) electrons. The molecule has 0 spiro atoms. The van der Waals surface area contributed by atoms with Crippen LogP contribution in [0.25, 0.3) is 0 Å². The number of para-hydroxylation sites is 1. The van der Waals surface area contributed by atoms with Gasteiger partial charge in [0.25, 0.3) is 0 Å². The number of rotatable bonds is 6. The predicted octanol–water partition coefficient (Wildman–Crippen LogP) is 2.18. The highest BCUT2D eigenvalue weighted by Crippen LogP contribution is 2.17. The number of benzene rings is 1. The van der Waals surface area contributed by atoms with E-state index in [1.54, 1.807) is 31.2 Å². The second-order valence-electron chi connectivity index (χ2n) is 3.28. The van der Waals surface area contributed by atoms with Crippen LogP contribution in [0.15, 0.2) is 30.3 Å². The third-order valence-electron chi connectivity index (χ3n) is 2.04. The Balaban J connectivity index is 2.90. The molecule has 1 aromatic rings. The molecule has 0 saturated carbocycles. The Bertz CT molecular complexity index is 402. The highest BCUT2D eigenvalue weighted by molar-refractivity contribution is 7.88. The van der Waals surface area contributed by atoms with Gasteiger partial charge in [0.15, 0.2) is 0 Å². The SMILES string of the molecule is CCCOS(=O)(=O)N(CC)c1ccccc1. The topological polar surface area (TPSA) is 46.6 Å². The highest BCUT2D eigenvalue weighted by atomic mass is 32.2. The minimum atomic E-state index is -3.65. The van der Waals surface area contributed by atoms with Crippen molar-refractivity contribution < 1.29 is 12.6 Å². The van der Waals surface area contributed by atoms with Crippen molar-refractivity contribution in [2.45, 2.75) is 20.3 Å². The van der Waals surface area contributed by atoms with E-state index in [-0.39, 0.29) is 6.61 Å². The summed E-state index contributed by atoms with van der Waals surface area (Å²) in [6.07, 6.45) is 0.672. The maximum atomic E-state index is 11.8. The molecule has 0 aromatic heterocycles. The lowest BCUT2D eigenvalue weighted by Crippen LogP contribution is -2.32. The van der Waals surface area contributed by atoms with Crippen LogP contribution in [-0.2, 0) is 14.5 Å². The largest absolute Gasteiger partial charge is 0.362 e. The van der Waals surface area contributed by atoms with Crippen molar-refractivity contribution in [3.8, 4) is 0 Å². The van der Waals surface area contributed by atoms with Crippen LogP contribution in [0.1, 0.15) is 20.3 Å². The zero-order valence-corrected chi connectivity index (χ0v) is 10.4. The Hall–Kier alpha value is -1.07. The molecule has 5 heteroatoms. The molecule has 0 atom stereocenters. The van der Waals surface area contributed by atoms with Gasteiger partial charge in [-0.2, -0.15) is 8.42 Å². The van der Waals surface area contributed by atoms with Crippen LogP contribution in [0, 0.1) is 0 Å². The van der Waals surface area contributed by atoms with E-state index >= 15 is 0 Å². The molecule has 0 amide bonds. The molecule has 0 bridgehead atoms. The molecular weight excluding hydrogens is 226 g/mol.